The summed E-state index contributed by atoms with van der Waals surface area (Å²) >= 11 is 5.93. The van der Waals surface area contributed by atoms with E-state index in [9.17, 15) is 9.59 Å². The van der Waals surface area contributed by atoms with Crippen LogP contribution in [0.3, 0.4) is 0 Å². The van der Waals surface area contributed by atoms with E-state index in [0.717, 1.165) is 31.5 Å². The van der Waals surface area contributed by atoms with Crippen molar-refractivity contribution in [3.63, 3.8) is 0 Å². The van der Waals surface area contributed by atoms with Crippen molar-refractivity contribution < 1.29 is 14.3 Å². The fourth-order valence-electron chi connectivity index (χ4n) is 3.09. The summed E-state index contributed by atoms with van der Waals surface area (Å²) in [5.41, 5.74) is 0.859. The highest BCUT2D eigenvalue weighted by molar-refractivity contribution is 6.30. The highest BCUT2D eigenvalue weighted by atomic mass is 35.5. The van der Waals surface area contributed by atoms with E-state index in [0.29, 0.717) is 5.02 Å². The number of benzene rings is 1. The second-order valence-corrected chi connectivity index (χ2v) is 6.20. The van der Waals surface area contributed by atoms with Crippen LogP contribution in [0, 0.1) is 0 Å². The number of ether oxygens (including phenoxy) is 1. The molecule has 0 N–H and O–H groups in total. The standard InChI is InChI=1S/C16H19ClN2O3/c1-18-13(20)10-22-15(16(21)19-8-2-3-9-19)14(18)11-4-6-12(17)7-5-11/h4-7,14-15H,2-3,8-10H2,1H3/t14-,15-/m1/s1. The fraction of sp³-hybridized carbons (Fsp3) is 0.500. The molecule has 6 heteroatoms. The number of carbonyl (C=O) groups is 2. The predicted molar refractivity (Wildman–Crippen MR) is 82.5 cm³/mol. The molecule has 2 aliphatic rings. The van der Waals surface area contributed by atoms with Crippen LogP contribution in [0.15, 0.2) is 24.3 Å². The molecule has 5 nitrogen and oxygen atoms in total. The third kappa shape index (κ3) is 2.83. The van der Waals surface area contributed by atoms with Gasteiger partial charge in [-0.1, -0.05) is 23.7 Å². The van der Waals surface area contributed by atoms with E-state index in [1.165, 1.54) is 0 Å². The van der Waals surface area contributed by atoms with Crippen LogP contribution in [0.2, 0.25) is 5.02 Å². The van der Waals surface area contributed by atoms with Gasteiger partial charge in [-0.15, -0.1) is 0 Å². The molecule has 0 aliphatic carbocycles. The van der Waals surface area contributed by atoms with Crippen molar-refractivity contribution in [1.82, 2.24) is 9.80 Å². The van der Waals surface area contributed by atoms with Gasteiger partial charge in [-0.25, -0.2) is 0 Å². The van der Waals surface area contributed by atoms with Crippen LogP contribution >= 0.6 is 11.6 Å². The zero-order chi connectivity index (χ0) is 15.7. The van der Waals surface area contributed by atoms with E-state index >= 15 is 0 Å². The number of likely N-dealkylation sites (N-methyl/N-ethyl adjacent to an activating group) is 1. The highest BCUT2D eigenvalue weighted by Gasteiger charge is 2.42. The lowest BCUT2D eigenvalue weighted by Gasteiger charge is -2.39. The molecule has 0 spiro atoms. The molecule has 2 fully saturated rings. The Hall–Kier alpha value is -1.59. The molecule has 2 heterocycles. The van der Waals surface area contributed by atoms with Gasteiger partial charge in [-0.05, 0) is 30.5 Å². The molecule has 0 unspecified atom stereocenters. The summed E-state index contributed by atoms with van der Waals surface area (Å²) in [5.74, 6) is -0.151. The van der Waals surface area contributed by atoms with Crippen molar-refractivity contribution in [3.8, 4) is 0 Å². The molecule has 0 aromatic heterocycles. The van der Waals surface area contributed by atoms with Crippen molar-refractivity contribution in [1.29, 1.82) is 0 Å². The number of likely N-dealkylation sites (tertiary alicyclic amines) is 1. The van der Waals surface area contributed by atoms with Gasteiger partial charge < -0.3 is 14.5 Å². The Kier molecular flexibility index (Phi) is 4.36. The Morgan fingerprint density at radius 3 is 2.50 bits per heavy atom. The lowest BCUT2D eigenvalue weighted by atomic mass is 9.97. The van der Waals surface area contributed by atoms with E-state index in [-0.39, 0.29) is 18.4 Å². The molecule has 0 radical (unpaired) electrons. The number of halogens is 1. The number of nitrogens with zero attached hydrogens (tertiary/aromatic N) is 2. The van der Waals surface area contributed by atoms with Gasteiger partial charge in [0.1, 0.15) is 6.61 Å². The molecule has 2 aliphatic heterocycles. The van der Waals surface area contributed by atoms with Crippen LogP contribution in [-0.2, 0) is 14.3 Å². The topological polar surface area (TPSA) is 49.9 Å². The number of carbonyl (C=O) groups excluding carboxylic acids is 2. The summed E-state index contributed by atoms with van der Waals surface area (Å²) < 4.78 is 5.62. The predicted octanol–water partition coefficient (Wildman–Crippen LogP) is 1.86. The average molecular weight is 323 g/mol. The van der Waals surface area contributed by atoms with E-state index in [1.54, 1.807) is 24.1 Å². The molecular weight excluding hydrogens is 304 g/mol. The number of morpholine rings is 1. The Labute approximate surface area is 134 Å². The zero-order valence-electron chi connectivity index (χ0n) is 12.5. The Morgan fingerprint density at radius 1 is 1.23 bits per heavy atom. The van der Waals surface area contributed by atoms with Gasteiger partial charge in [0.15, 0.2) is 6.10 Å². The molecule has 2 atom stereocenters. The number of amides is 2. The quantitative estimate of drug-likeness (QED) is 0.835. The first-order valence-electron chi connectivity index (χ1n) is 7.49. The first-order chi connectivity index (χ1) is 10.6. The van der Waals surface area contributed by atoms with Gasteiger partial charge in [0.05, 0.1) is 6.04 Å². The second-order valence-electron chi connectivity index (χ2n) is 5.77. The van der Waals surface area contributed by atoms with Crippen LogP contribution < -0.4 is 0 Å². The maximum Gasteiger partial charge on any atom is 0.254 e. The van der Waals surface area contributed by atoms with Gasteiger partial charge in [0, 0.05) is 25.2 Å². The van der Waals surface area contributed by atoms with Crippen molar-refractivity contribution in [2.45, 2.75) is 25.0 Å². The van der Waals surface area contributed by atoms with Crippen LogP contribution in [0.25, 0.3) is 0 Å². The maximum absolute atomic E-state index is 12.7. The fourth-order valence-corrected chi connectivity index (χ4v) is 3.22. The van der Waals surface area contributed by atoms with E-state index in [2.05, 4.69) is 0 Å². The summed E-state index contributed by atoms with van der Waals surface area (Å²) in [6, 6.07) is 6.81. The molecule has 2 amide bonds. The summed E-state index contributed by atoms with van der Waals surface area (Å²) in [5, 5.41) is 0.622. The first-order valence-corrected chi connectivity index (χ1v) is 7.87. The molecule has 0 saturated carbocycles. The summed E-state index contributed by atoms with van der Waals surface area (Å²) in [6.07, 6.45) is 1.40. The van der Waals surface area contributed by atoms with Crippen LogP contribution in [0.4, 0.5) is 0 Å². The molecule has 118 valence electrons. The first kappa shape index (κ1) is 15.3. The van der Waals surface area contributed by atoms with Gasteiger partial charge >= 0.3 is 0 Å². The van der Waals surface area contributed by atoms with Crippen molar-refractivity contribution in [3.05, 3.63) is 34.9 Å². The third-order valence-electron chi connectivity index (χ3n) is 4.36. The normalized spacial score (nSPS) is 25.6. The minimum atomic E-state index is -0.651. The SMILES string of the molecule is CN1C(=O)CO[C@@H](C(=O)N2CCCC2)[C@H]1c1ccc(Cl)cc1. The summed E-state index contributed by atoms with van der Waals surface area (Å²) in [7, 11) is 1.72. The number of hydrogen-bond acceptors (Lipinski definition) is 3. The van der Waals surface area contributed by atoms with Gasteiger partial charge in [-0.3, -0.25) is 9.59 Å². The van der Waals surface area contributed by atoms with Crippen LogP contribution in [-0.4, -0.2) is 54.5 Å². The van der Waals surface area contributed by atoms with Crippen molar-refractivity contribution in [2.24, 2.45) is 0 Å². The van der Waals surface area contributed by atoms with Gasteiger partial charge in [0.2, 0.25) is 5.91 Å². The summed E-state index contributed by atoms with van der Waals surface area (Å²) in [6.45, 7) is 1.48. The zero-order valence-corrected chi connectivity index (χ0v) is 13.3. The van der Waals surface area contributed by atoms with Gasteiger partial charge in [-0.2, -0.15) is 0 Å². The molecule has 22 heavy (non-hydrogen) atoms. The maximum atomic E-state index is 12.7. The van der Waals surface area contributed by atoms with Gasteiger partial charge in [0.25, 0.3) is 5.91 Å². The van der Waals surface area contributed by atoms with E-state index < -0.39 is 12.1 Å². The van der Waals surface area contributed by atoms with Crippen LogP contribution in [0.1, 0.15) is 24.4 Å². The minimum absolute atomic E-state index is 0.0307. The van der Waals surface area contributed by atoms with E-state index in [4.69, 9.17) is 16.3 Å². The molecular formula is C16H19ClN2O3. The molecule has 1 aromatic carbocycles. The number of hydrogen-bond donors (Lipinski definition) is 0. The second kappa shape index (κ2) is 6.26. The number of rotatable bonds is 2. The van der Waals surface area contributed by atoms with Crippen molar-refractivity contribution in [2.75, 3.05) is 26.7 Å². The van der Waals surface area contributed by atoms with Crippen molar-refractivity contribution >= 4 is 23.4 Å². The summed E-state index contributed by atoms with van der Waals surface area (Å²) in [4.78, 5) is 28.2. The highest BCUT2D eigenvalue weighted by Crippen LogP contribution is 2.31. The monoisotopic (exact) mass is 322 g/mol. The smallest absolute Gasteiger partial charge is 0.254 e. The molecule has 3 rings (SSSR count). The molecule has 1 aromatic rings. The molecule has 0 bridgehead atoms. The minimum Gasteiger partial charge on any atom is -0.356 e. The Morgan fingerprint density at radius 2 is 1.86 bits per heavy atom. The van der Waals surface area contributed by atoms with Crippen LogP contribution in [0.5, 0.6) is 0 Å². The lowest BCUT2D eigenvalue weighted by Crippen LogP contribution is -2.53. The Bertz CT molecular complexity index is 569. The third-order valence-corrected chi connectivity index (χ3v) is 4.61. The largest absolute Gasteiger partial charge is 0.356 e. The Balaban J connectivity index is 1.90. The van der Waals surface area contributed by atoms with E-state index in [1.807, 2.05) is 17.0 Å². The lowest BCUT2D eigenvalue weighted by molar-refractivity contribution is -0.166. The average Bonchev–Trinajstić information content (AvgIpc) is 3.05. The molecule has 2 saturated heterocycles.